The molecule has 12 nitrogen and oxygen atoms in total. The van der Waals surface area contributed by atoms with Crippen LogP contribution in [0.3, 0.4) is 0 Å². The second-order valence-electron chi connectivity index (χ2n) is 12.3. The lowest BCUT2D eigenvalue weighted by molar-refractivity contribution is 0.0919. The van der Waals surface area contributed by atoms with Crippen molar-refractivity contribution >= 4 is 39.2 Å². The van der Waals surface area contributed by atoms with Gasteiger partial charge in [0.05, 0.1) is 16.7 Å². The molecule has 1 aliphatic carbocycles. The molecule has 0 unspecified atom stereocenters. The third kappa shape index (κ3) is 6.69. The van der Waals surface area contributed by atoms with E-state index in [1.54, 1.807) is 18.2 Å². The van der Waals surface area contributed by atoms with Crippen molar-refractivity contribution in [3.05, 3.63) is 71.3 Å². The van der Waals surface area contributed by atoms with Gasteiger partial charge in [0.25, 0.3) is 11.8 Å². The van der Waals surface area contributed by atoms with Crippen molar-refractivity contribution in [3.8, 4) is 0 Å². The summed E-state index contributed by atoms with van der Waals surface area (Å²) >= 11 is 0. The highest BCUT2D eigenvalue weighted by Crippen LogP contribution is 2.40. The van der Waals surface area contributed by atoms with Crippen LogP contribution >= 0.6 is 0 Å². The van der Waals surface area contributed by atoms with Crippen LogP contribution in [0.1, 0.15) is 64.9 Å². The summed E-state index contributed by atoms with van der Waals surface area (Å²) in [5.41, 5.74) is 6.99. The number of likely N-dealkylation sites (N-methyl/N-ethyl adjacent to an activating group) is 1. The molecule has 0 radical (unpaired) electrons. The summed E-state index contributed by atoms with van der Waals surface area (Å²) in [4.78, 5) is 38.5. The van der Waals surface area contributed by atoms with E-state index < -0.39 is 27.7 Å². The van der Waals surface area contributed by atoms with E-state index in [1.165, 1.54) is 28.7 Å². The number of anilines is 3. The molecular weight excluding hydrogens is 611 g/mol. The summed E-state index contributed by atoms with van der Waals surface area (Å²) in [5.74, 6) is -0.779. The molecule has 2 aromatic carbocycles. The molecule has 3 aliphatic rings. The van der Waals surface area contributed by atoms with E-state index in [-0.39, 0.29) is 34.1 Å². The average Bonchev–Trinajstić information content (AvgIpc) is 3.88. The van der Waals surface area contributed by atoms with Gasteiger partial charge in [0, 0.05) is 50.5 Å². The Morgan fingerprint density at radius 3 is 2.37 bits per heavy atom. The summed E-state index contributed by atoms with van der Waals surface area (Å²) in [6.07, 6.45) is 5.01. The van der Waals surface area contributed by atoms with Crippen LogP contribution in [0, 0.1) is 5.82 Å². The molecule has 2 aliphatic heterocycles. The van der Waals surface area contributed by atoms with Crippen LogP contribution in [0.25, 0.3) is 0 Å². The Labute approximate surface area is 268 Å². The molecule has 6 rings (SSSR count). The van der Waals surface area contributed by atoms with Crippen molar-refractivity contribution in [3.63, 3.8) is 0 Å². The van der Waals surface area contributed by atoms with Gasteiger partial charge >= 0.3 is 0 Å². The maximum atomic E-state index is 14.8. The second-order valence-corrected chi connectivity index (χ2v) is 14.3. The normalized spacial score (nSPS) is 21.2. The number of piperazine rings is 1. The van der Waals surface area contributed by atoms with Crippen molar-refractivity contribution in [2.24, 2.45) is 5.73 Å². The van der Waals surface area contributed by atoms with Gasteiger partial charge in [0.15, 0.2) is 11.5 Å². The molecule has 2 saturated heterocycles. The van der Waals surface area contributed by atoms with E-state index in [0.717, 1.165) is 24.8 Å². The fourth-order valence-corrected chi connectivity index (χ4v) is 7.52. The molecule has 1 aromatic heterocycles. The number of primary amides is 1. The number of nitrogens with one attached hydrogen (secondary N) is 2. The first-order valence-electron chi connectivity index (χ1n) is 15.6. The lowest BCUT2D eigenvalue weighted by Gasteiger charge is -2.40. The van der Waals surface area contributed by atoms with Gasteiger partial charge in [-0.05, 0) is 87.5 Å². The van der Waals surface area contributed by atoms with Crippen molar-refractivity contribution in [2.45, 2.75) is 55.5 Å². The molecule has 3 heterocycles. The zero-order valence-corrected chi connectivity index (χ0v) is 26.8. The largest absolute Gasteiger partial charge is 0.364 e. The van der Waals surface area contributed by atoms with Crippen molar-refractivity contribution < 1.29 is 22.4 Å². The van der Waals surface area contributed by atoms with Crippen molar-refractivity contribution in [1.29, 1.82) is 0 Å². The number of piperidine rings is 1. The summed E-state index contributed by atoms with van der Waals surface area (Å²) in [6.45, 7) is 4.76. The molecule has 244 valence electrons. The van der Waals surface area contributed by atoms with Crippen LogP contribution in [0.4, 0.5) is 21.7 Å². The monoisotopic (exact) mass is 650 g/mol. The van der Waals surface area contributed by atoms with E-state index in [2.05, 4.69) is 25.5 Å². The Hall–Kier alpha value is -4.14. The average molecular weight is 651 g/mol. The minimum Gasteiger partial charge on any atom is -0.364 e. The first-order valence-corrected chi connectivity index (χ1v) is 17.0. The third-order valence-corrected chi connectivity index (χ3v) is 11.0. The molecule has 2 amide bonds. The number of nitrogens with two attached hydrogens (primary N) is 1. The topological polar surface area (TPSA) is 154 Å². The Morgan fingerprint density at radius 1 is 1.00 bits per heavy atom. The van der Waals surface area contributed by atoms with Crippen LogP contribution in [-0.2, 0) is 10.0 Å². The molecule has 46 heavy (non-hydrogen) atoms. The Morgan fingerprint density at radius 2 is 1.72 bits per heavy atom. The zero-order valence-electron chi connectivity index (χ0n) is 25.9. The number of amides is 2. The number of hydrogen-bond acceptors (Lipinski definition) is 9. The Balaban J connectivity index is 1.17. The molecular formula is C32H39FN8O4S. The first kappa shape index (κ1) is 31.8. The van der Waals surface area contributed by atoms with E-state index in [9.17, 15) is 22.4 Å². The van der Waals surface area contributed by atoms with Crippen LogP contribution in [0.5, 0.6) is 0 Å². The minimum absolute atomic E-state index is 0.0214. The predicted molar refractivity (Wildman–Crippen MR) is 172 cm³/mol. The lowest BCUT2D eigenvalue weighted by Crippen LogP contribution is -2.54. The van der Waals surface area contributed by atoms with E-state index in [1.807, 2.05) is 24.9 Å². The standard InChI is InChI=1S/C32H39FN8O4S/c1-20-27(37-32(43)25-12-7-22(18-26(25)33)21-5-6-21)4-3-13-41(20)28-19-35-29(30(34)42)31(38-28)36-23-8-10-24(11-9-23)46(44,45)40-16-14-39(2)15-17-40/h7-12,18-21,27H,3-6,13-17H2,1-2H3,(H2,34,42)(H,36,38)(H,37,43)/t20-,27-/m1/s1. The van der Waals surface area contributed by atoms with Gasteiger partial charge in [0.1, 0.15) is 11.6 Å². The number of carbonyl (C=O) groups is 2. The number of halogens is 1. The van der Waals surface area contributed by atoms with Gasteiger partial charge in [-0.2, -0.15) is 4.31 Å². The fourth-order valence-electron chi connectivity index (χ4n) is 6.10. The summed E-state index contributed by atoms with van der Waals surface area (Å²) < 4.78 is 42.6. The first-order chi connectivity index (χ1) is 22.0. The van der Waals surface area contributed by atoms with Crippen LogP contribution in [0.15, 0.2) is 53.6 Å². The molecule has 2 atom stereocenters. The molecule has 1 saturated carbocycles. The number of nitrogens with zero attached hydrogens (tertiary/aromatic N) is 5. The SMILES string of the molecule is C[C@@H]1[C@H](NC(=O)c2ccc(C3CC3)cc2F)CCCN1c1cnc(C(N)=O)c(Nc2ccc(S(=O)(=O)N3CCN(C)CC3)cc2)n1. The molecule has 14 heteroatoms. The molecule has 0 bridgehead atoms. The number of benzene rings is 2. The molecule has 0 spiro atoms. The van der Waals surface area contributed by atoms with Crippen molar-refractivity contribution in [2.75, 3.05) is 50.0 Å². The smallest absolute Gasteiger partial charge is 0.271 e. The molecule has 3 aromatic rings. The maximum Gasteiger partial charge on any atom is 0.271 e. The molecule has 3 fully saturated rings. The van der Waals surface area contributed by atoms with E-state index in [0.29, 0.717) is 56.6 Å². The highest BCUT2D eigenvalue weighted by molar-refractivity contribution is 7.89. The second kappa shape index (κ2) is 12.9. The Bertz CT molecular complexity index is 1730. The number of sulfonamides is 1. The number of hydrogen-bond donors (Lipinski definition) is 3. The summed E-state index contributed by atoms with van der Waals surface area (Å²) in [5, 5.41) is 6.08. The fraction of sp³-hybridized carbons (Fsp3) is 0.438. The summed E-state index contributed by atoms with van der Waals surface area (Å²) in [6, 6.07) is 10.6. The van der Waals surface area contributed by atoms with Gasteiger partial charge < -0.3 is 26.2 Å². The number of aromatic nitrogens is 2. The third-order valence-electron chi connectivity index (χ3n) is 9.10. The van der Waals surface area contributed by atoms with Gasteiger partial charge in [-0.1, -0.05) is 6.07 Å². The van der Waals surface area contributed by atoms with Crippen LogP contribution in [0.2, 0.25) is 0 Å². The zero-order chi connectivity index (χ0) is 32.6. The quantitative estimate of drug-likeness (QED) is 0.317. The number of rotatable bonds is 9. The van der Waals surface area contributed by atoms with Crippen molar-refractivity contribution in [1.82, 2.24) is 24.5 Å². The van der Waals surface area contributed by atoms with Gasteiger partial charge in [-0.15, -0.1) is 0 Å². The predicted octanol–water partition coefficient (Wildman–Crippen LogP) is 3.06. The van der Waals surface area contributed by atoms with Crippen LogP contribution in [-0.4, -0.2) is 91.3 Å². The lowest BCUT2D eigenvalue weighted by atomic mass is 9.96. The van der Waals surface area contributed by atoms with Crippen LogP contribution < -0.4 is 21.3 Å². The van der Waals surface area contributed by atoms with E-state index in [4.69, 9.17) is 5.73 Å². The van der Waals surface area contributed by atoms with E-state index >= 15 is 0 Å². The summed E-state index contributed by atoms with van der Waals surface area (Å²) in [7, 11) is -1.68. The Kier molecular flexibility index (Phi) is 8.95. The maximum absolute atomic E-state index is 14.8. The number of carbonyl (C=O) groups excluding carboxylic acids is 2. The highest BCUT2D eigenvalue weighted by atomic mass is 32.2. The highest BCUT2D eigenvalue weighted by Gasteiger charge is 2.32. The minimum atomic E-state index is -3.64. The van der Waals surface area contributed by atoms with Gasteiger partial charge in [-0.25, -0.2) is 22.8 Å². The van der Waals surface area contributed by atoms with Gasteiger partial charge in [0.2, 0.25) is 10.0 Å². The van der Waals surface area contributed by atoms with Gasteiger partial charge in [-0.3, -0.25) is 9.59 Å². The molecule has 4 N–H and O–H groups in total.